The summed E-state index contributed by atoms with van der Waals surface area (Å²) in [5.74, 6) is -0.0559. The molecule has 0 aliphatic heterocycles. The van der Waals surface area contributed by atoms with E-state index in [-0.39, 0.29) is 10.8 Å². The average Bonchev–Trinajstić information content (AvgIpc) is 2.08. The molecule has 0 saturated carbocycles. The summed E-state index contributed by atoms with van der Waals surface area (Å²) in [5, 5.41) is 8.55. The number of phenolic OH excluding ortho intramolecular Hbond substituents is 1. The second kappa shape index (κ2) is 3.96. The molecular weight excluding hydrogens is 213 g/mol. The first-order chi connectivity index (χ1) is 6.02. The topological polar surface area (TPSA) is 63.3 Å². The van der Waals surface area contributed by atoms with E-state index < -0.39 is 11.3 Å². The molecule has 1 atom stereocenters. The molecular formula is C8H7Cl2NO2. The Morgan fingerprint density at radius 1 is 1.54 bits per heavy atom. The van der Waals surface area contributed by atoms with Gasteiger partial charge in [0.2, 0.25) is 5.24 Å². The summed E-state index contributed by atoms with van der Waals surface area (Å²) in [6.45, 7) is 0. The quantitative estimate of drug-likeness (QED) is 0.747. The lowest BCUT2D eigenvalue weighted by atomic mass is 10.1. The first kappa shape index (κ1) is 10.3. The van der Waals surface area contributed by atoms with Gasteiger partial charge in [-0.15, -0.1) is 0 Å². The smallest absolute Gasteiger partial charge is 0.242 e. The largest absolute Gasteiger partial charge is 0.506 e. The van der Waals surface area contributed by atoms with Crippen molar-refractivity contribution >= 4 is 28.4 Å². The zero-order valence-electron chi connectivity index (χ0n) is 6.50. The monoisotopic (exact) mass is 219 g/mol. The maximum absolute atomic E-state index is 10.7. The van der Waals surface area contributed by atoms with Gasteiger partial charge >= 0.3 is 0 Å². The fraction of sp³-hybridized carbons (Fsp3) is 0.125. The summed E-state index contributed by atoms with van der Waals surface area (Å²) < 4.78 is 0. The number of nitrogens with two attached hydrogens (primary N) is 1. The van der Waals surface area contributed by atoms with Gasteiger partial charge in [-0.25, -0.2) is 0 Å². The summed E-state index contributed by atoms with van der Waals surface area (Å²) in [6, 6.07) is 3.35. The van der Waals surface area contributed by atoms with Gasteiger partial charge in [0, 0.05) is 0 Å². The molecule has 70 valence electrons. The van der Waals surface area contributed by atoms with Crippen molar-refractivity contribution in [2.24, 2.45) is 5.73 Å². The number of carbonyl (C=O) groups excluding carboxylic acids is 1. The van der Waals surface area contributed by atoms with Crippen molar-refractivity contribution in [3.63, 3.8) is 0 Å². The van der Waals surface area contributed by atoms with Crippen molar-refractivity contribution in [3.05, 3.63) is 28.8 Å². The average molecular weight is 220 g/mol. The van der Waals surface area contributed by atoms with E-state index in [4.69, 9.17) is 34.0 Å². The van der Waals surface area contributed by atoms with Crippen LogP contribution in [-0.2, 0) is 4.79 Å². The van der Waals surface area contributed by atoms with Crippen molar-refractivity contribution in [3.8, 4) is 5.75 Å². The third-order valence-electron chi connectivity index (χ3n) is 1.58. The van der Waals surface area contributed by atoms with Crippen LogP contribution in [0.15, 0.2) is 18.2 Å². The van der Waals surface area contributed by atoms with Gasteiger partial charge in [-0.2, -0.15) is 0 Å². The maximum atomic E-state index is 10.7. The summed E-state index contributed by atoms with van der Waals surface area (Å²) in [5.41, 5.74) is 5.91. The van der Waals surface area contributed by atoms with E-state index in [0.717, 1.165) is 0 Å². The van der Waals surface area contributed by atoms with Crippen LogP contribution in [0.2, 0.25) is 5.02 Å². The molecule has 0 bridgehead atoms. The van der Waals surface area contributed by atoms with Crippen LogP contribution in [0.25, 0.3) is 0 Å². The van der Waals surface area contributed by atoms with Crippen molar-refractivity contribution in [2.75, 3.05) is 0 Å². The van der Waals surface area contributed by atoms with Crippen LogP contribution in [0.4, 0.5) is 0 Å². The molecule has 0 spiro atoms. The first-order valence-electron chi connectivity index (χ1n) is 3.45. The standard InChI is InChI=1S/C8H7Cl2NO2/c9-5-3-4(1-2-6(5)12)7(11)8(10)13/h1-3,7,12H,11H2. The molecule has 1 rings (SSSR count). The van der Waals surface area contributed by atoms with E-state index in [9.17, 15) is 4.79 Å². The van der Waals surface area contributed by atoms with Crippen LogP contribution in [0, 0.1) is 0 Å². The van der Waals surface area contributed by atoms with Crippen molar-refractivity contribution in [1.82, 2.24) is 0 Å². The van der Waals surface area contributed by atoms with Crippen LogP contribution in [0.1, 0.15) is 11.6 Å². The molecule has 1 unspecified atom stereocenters. The Kier molecular flexibility index (Phi) is 3.14. The zero-order valence-corrected chi connectivity index (χ0v) is 8.01. The van der Waals surface area contributed by atoms with Gasteiger partial charge in [0.15, 0.2) is 0 Å². The van der Waals surface area contributed by atoms with E-state index in [1.165, 1.54) is 18.2 Å². The highest BCUT2D eigenvalue weighted by Crippen LogP contribution is 2.26. The van der Waals surface area contributed by atoms with E-state index in [1.807, 2.05) is 0 Å². The van der Waals surface area contributed by atoms with Crippen molar-refractivity contribution < 1.29 is 9.90 Å². The highest BCUT2D eigenvalue weighted by Gasteiger charge is 2.14. The summed E-state index contributed by atoms with van der Waals surface area (Å²) in [4.78, 5) is 10.7. The third-order valence-corrected chi connectivity index (χ3v) is 2.11. The molecule has 0 fully saturated rings. The predicted octanol–water partition coefficient (Wildman–Crippen LogP) is 1.81. The van der Waals surface area contributed by atoms with E-state index in [2.05, 4.69) is 0 Å². The molecule has 0 radical (unpaired) electrons. The predicted molar refractivity (Wildman–Crippen MR) is 50.9 cm³/mol. The Morgan fingerprint density at radius 3 is 2.62 bits per heavy atom. The number of hydrogen-bond donors (Lipinski definition) is 2. The second-order valence-electron chi connectivity index (χ2n) is 2.49. The van der Waals surface area contributed by atoms with E-state index in [1.54, 1.807) is 0 Å². The molecule has 0 aliphatic carbocycles. The second-order valence-corrected chi connectivity index (χ2v) is 3.27. The van der Waals surface area contributed by atoms with Crippen LogP contribution < -0.4 is 5.73 Å². The Labute approximate surface area is 85.1 Å². The number of aromatic hydroxyl groups is 1. The minimum atomic E-state index is -0.903. The highest BCUT2D eigenvalue weighted by molar-refractivity contribution is 6.64. The van der Waals surface area contributed by atoms with Crippen LogP contribution >= 0.6 is 23.2 Å². The molecule has 13 heavy (non-hydrogen) atoms. The summed E-state index contributed by atoms with van der Waals surface area (Å²) in [7, 11) is 0. The Bertz CT molecular complexity index is 341. The van der Waals surface area contributed by atoms with Crippen LogP contribution in [0.5, 0.6) is 5.75 Å². The lowest BCUT2D eigenvalue weighted by Crippen LogP contribution is -2.16. The number of hydrogen-bond acceptors (Lipinski definition) is 3. The van der Waals surface area contributed by atoms with Gasteiger partial charge in [-0.3, -0.25) is 4.79 Å². The molecule has 5 heteroatoms. The minimum absolute atomic E-state index is 0.0559. The van der Waals surface area contributed by atoms with Crippen LogP contribution in [-0.4, -0.2) is 10.3 Å². The normalized spacial score (nSPS) is 12.5. The zero-order chi connectivity index (χ0) is 10.0. The van der Waals surface area contributed by atoms with Crippen molar-refractivity contribution in [2.45, 2.75) is 6.04 Å². The van der Waals surface area contributed by atoms with Crippen LogP contribution in [0.3, 0.4) is 0 Å². The lowest BCUT2D eigenvalue weighted by molar-refractivity contribution is -0.112. The molecule has 1 aromatic carbocycles. The number of benzene rings is 1. The summed E-state index contributed by atoms with van der Waals surface area (Å²) in [6.07, 6.45) is 0. The van der Waals surface area contributed by atoms with Gasteiger partial charge in [0.25, 0.3) is 0 Å². The third kappa shape index (κ3) is 2.34. The van der Waals surface area contributed by atoms with Gasteiger partial charge in [-0.05, 0) is 29.3 Å². The first-order valence-corrected chi connectivity index (χ1v) is 4.21. The Morgan fingerprint density at radius 2 is 2.15 bits per heavy atom. The Balaban J connectivity index is 3.03. The molecule has 0 aliphatic rings. The van der Waals surface area contributed by atoms with Gasteiger partial charge < -0.3 is 10.8 Å². The molecule has 3 N–H and O–H groups in total. The van der Waals surface area contributed by atoms with E-state index in [0.29, 0.717) is 5.56 Å². The van der Waals surface area contributed by atoms with E-state index >= 15 is 0 Å². The molecule has 0 heterocycles. The number of rotatable bonds is 2. The number of phenols is 1. The van der Waals surface area contributed by atoms with Crippen molar-refractivity contribution in [1.29, 1.82) is 0 Å². The van der Waals surface area contributed by atoms with Gasteiger partial charge in [-0.1, -0.05) is 17.7 Å². The molecule has 0 aromatic heterocycles. The number of halogens is 2. The number of carbonyl (C=O) groups is 1. The minimum Gasteiger partial charge on any atom is -0.506 e. The molecule has 1 aromatic rings. The highest BCUT2D eigenvalue weighted by atomic mass is 35.5. The Hall–Kier alpha value is -0.770. The van der Waals surface area contributed by atoms with Gasteiger partial charge in [0.05, 0.1) is 5.02 Å². The maximum Gasteiger partial charge on any atom is 0.242 e. The fourth-order valence-electron chi connectivity index (χ4n) is 0.848. The molecule has 0 amide bonds. The van der Waals surface area contributed by atoms with Gasteiger partial charge in [0.1, 0.15) is 11.8 Å². The SMILES string of the molecule is NC(C(=O)Cl)c1ccc(O)c(Cl)c1. The summed E-state index contributed by atoms with van der Waals surface area (Å²) >= 11 is 10.8. The lowest BCUT2D eigenvalue weighted by Gasteiger charge is -2.07. The fourth-order valence-corrected chi connectivity index (χ4v) is 1.16. The molecule has 3 nitrogen and oxygen atoms in total. The molecule has 0 saturated heterocycles.